The molecule has 13 nitrogen and oxygen atoms in total. The molecule has 3 aromatic carbocycles. The lowest BCUT2D eigenvalue weighted by Crippen LogP contribution is -2.49. The molecular formula is C35H29ClN8O5S2. The summed E-state index contributed by atoms with van der Waals surface area (Å²) in [6, 6.07) is 23.4. The summed E-state index contributed by atoms with van der Waals surface area (Å²) in [6.07, 6.45) is 3.60. The molecule has 1 aliphatic heterocycles. The first-order valence-corrected chi connectivity index (χ1v) is 18.1. The van der Waals surface area contributed by atoms with Gasteiger partial charge in [-0.2, -0.15) is 0 Å². The maximum absolute atomic E-state index is 12.8. The maximum atomic E-state index is 12.8. The molecule has 0 spiro atoms. The second-order valence-electron chi connectivity index (χ2n) is 11.7. The van der Waals surface area contributed by atoms with E-state index in [9.17, 15) is 25.0 Å². The number of rotatable bonds is 9. The summed E-state index contributed by atoms with van der Waals surface area (Å²) in [5, 5.41) is 26.3. The predicted molar refractivity (Wildman–Crippen MR) is 197 cm³/mol. The summed E-state index contributed by atoms with van der Waals surface area (Å²) in [5.74, 6) is 0.484. The van der Waals surface area contributed by atoms with Gasteiger partial charge in [-0.05, 0) is 17.7 Å². The molecule has 0 unspecified atom stereocenters. The van der Waals surface area contributed by atoms with Gasteiger partial charge >= 0.3 is 0 Å². The van der Waals surface area contributed by atoms with Crippen LogP contribution in [-0.2, 0) is 23.8 Å². The van der Waals surface area contributed by atoms with Crippen molar-refractivity contribution >= 4 is 61.5 Å². The molecule has 0 bridgehead atoms. The van der Waals surface area contributed by atoms with Crippen molar-refractivity contribution in [3.05, 3.63) is 139 Å². The second kappa shape index (κ2) is 14.8. The van der Waals surface area contributed by atoms with E-state index in [1.165, 1.54) is 40.4 Å². The van der Waals surface area contributed by atoms with Crippen molar-refractivity contribution in [1.82, 2.24) is 28.6 Å². The first-order valence-electron chi connectivity index (χ1n) is 15.8. The largest absolute Gasteiger partial charge is 0.334 e. The van der Waals surface area contributed by atoms with Crippen molar-refractivity contribution in [1.29, 1.82) is 0 Å². The Morgan fingerprint density at radius 1 is 0.706 bits per heavy atom. The third-order valence-electron chi connectivity index (χ3n) is 8.46. The molecule has 1 saturated heterocycles. The molecular weight excluding hydrogens is 712 g/mol. The predicted octanol–water partition coefficient (Wildman–Crippen LogP) is 7.53. The third-order valence-corrected chi connectivity index (χ3v) is 10.5. The summed E-state index contributed by atoms with van der Waals surface area (Å²) in [5.41, 5.74) is 5.33. The van der Waals surface area contributed by atoms with Crippen molar-refractivity contribution in [2.24, 2.45) is 0 Å². The van der Waals surface area contributed by atoms with Crippen LogP contribution in [0.1, 0.15) is 17.0 Å². The van der Waals surface area contributed by atoms with Gasteiger partial charge in [0, 0.05) is 60.6 Å². The molecule has 1 aliphatic rings. The van der Waals surface area contributed by atoms with Crippen molar-refractivity contribution in [3.8, 4) is 22.5 Å². The second-order valence-corrected chi connectivity index (χ2v) is 13.6. The zero-order valence-corrected chi connectivity index (χ0v) is 29.3. The van der Waals surface area contributed by atoms with E-state index in [1.54, 1.807) is 42.6 Å². The highest BCUT2D eigenvalue weighted by molar-refractivity contribution is 7.15. The number of nitrogens with zero attached hydrogens (tertiary/aromatic N) is 8. The normalized spacial score (nSPS) is 13.4. The monoisotopic (exact) mass is 740 g/mol. The van der Waals surface area contributed by atoms with Gasteiger partial charge in [0.05, 0.1) is 57.0 Å². The van der Waals surface area contributed by atoms with E-state index in [0.29, 0.717) is 48.0 Å². The molecule has 7 aromatic rings. The summed E-state index contributed by atoms with van der Waals surface area (Å²) < 4.78 is 3.80. The van der Waals surface area contributed by atoms with Gasteiger partial charge < -0.3 is 4.90 Å². The molecule has 4 aromatic heterocycles. The van der Waals surface area contributed by atoms with Crippen LogP contribution in [-0.4, -0.2) is 64.0 Å². The summed E-state index contributed by atoms with van der Waals surface area (Å²) in [7, 11) is 0. The molecule has 0 aliphatic carbocycles. The number of carbonyl (C=O) groups excluding carboxylic acids is 1. The Kier molecular flexibility index (Phi) is 9.85. The Bertz CT molecular complexity index is 2370. The number of hydrogen-bond acceptors (Lipinski definition) is 10. The van der Waals surface area contributed by atoms with Gasteiger partial charge in [-0.15, -0.1) is 34.3 Å². The van der Waals surface area contributed by atoms with E-state index in [4.69, 9.17) is 11.6 Å². The van der Waals surface area contributed by atoms with Crippen LogP contribution >= 0.6 is 34.3 Å². The zero-order chi connectivity index (χ0) is 35.5. The number of imidazole rings is 2. The van der Waals surface area contributed by atoms with Crippen LogP contribution < -0.4 is 0 Å². The molecule has 5 heterocycles. The zero-order valence-electron chi connectivity index (χ0n) is 26.9. The summed E-state index contributed by atoms with van der Waals surface area (Å²) in [6.45, 7) is 3.14. The first-order chi connectivity index (χ1) is 24.8. The van der Waals surface area contributed by atoms with Crippen molar-refractivity contribution < 1.29 is 14.6 Å². The molecule has 258 valence electrons. The van der Waals surface area contributed by atoms with Crippen LogP contribution in [0.4, 0.5) is 11.4 Å². The van der Waals surface area contributed by atoms with E-state index >= 15 is 0 Å². The number of nitro groups is 2. The van der Waals surface area contributed by atoms with Crippen LogP contribution in [0.25, 0.3) is 32.4 Å². The highest BCUT2D eigenvalue weighted by Crippen LogP contribution is 2.32. The van der Waals surface area contributed by atoms with Gasteiger partial charge in [-0.25, -0.2) is 9.97 Å². The Hall–Kier alpha value is -5.48. The molecule has 0 N–H and O–H groups in total. The van der Waals surface area contributed by atoms with Gasteiger partial charge in [0.25, 0.3) is 11.4 Å². The molecule has 0 atom stereocenters. The fourth-order valence-corrected chi connectivity index (χ4v) is 7.96. The number of benzene rings is 3. The minimum Gasteiger partial charge on any atom is -0.334 e. The topological polar surface area (TPSA) is 144 Å². The highest BCUT2D eigenvalue weighted by atomic mass is 35.5. The number of piperazine rings is 1. The number of nitro benzene ring substituents is 2. The van der Waals surface area contributed by atoms with E-state index in [1.807, 2.05) is 48.9 Å². The Balaban J connectivity index is 0.000000182. The SMILES string of the molecule is O=C1CN(Cc2ccccc2)CCN1Cc1csc2nc(-c3ccccc3[N+](=O)[O-])cn12.O=[N+]([O-])c1ccccc1-c1cn2c(CCl)csc2n1. The number of halogens is 1. The number of fused-ring (bicyclic) bond motifs is 2. The van der Waals surface area contributed by atoms with Gasteiger partial charge in [0.1, 0.15) is 0 Å². The number of alkyl halides is 1. The van der Waals surface area contributed by atoms with Crippen LogP contribution in [0.3, 0.4) is 0 Å². The minimum absolute atomic E-state index is 0.0320. The number of aromatic nitrogens is 4. The van der Waals surface area contributed by atoms with Gasteiger partial charge in [0.2, 0.25) is 5.91 Å². The van der Waals surface area contributed by atoms with E-state index < -0.39 is 9.85 Å². The van der Waals surface area contributed by atoms with Crippen molar-refractivity contribution in [2.45, 2.75) is 19.0 Å². The van der Waals surface area contributed by atoms with Crippen LogP contribution in [0.2, 0.25) is 0 Å². The highest BCUT2D eigenvalue weighted by Gasteiger charge is 2.26. The first kappa shape index (κ1) is 34.0. The quantitative estimate of drug-likeness (QED) is 0.0840. The van der Waals surface area contributed by atoms with Crippen molar-refractivity contribution in [2.75, 3.05) is 19.6 Å². The fourth-order valence-electron chi connectivity index (χ4n) is 5.92. The molecule has 0 radical (unpaired) electrons. The number of amides is 1. The van der Waals surface area contributed by atoms with E-state index in [2.05, 4.69) is 27.0 Å². The van der Waals surface area contributed by atoms with E-state index in [0.717, 1.165) is 34.4 Å². The van der Waals surface area contributed by atoms with Gasteiger partial charge in [-0.3, -0.25) is 38.7 Å². The average molecular weight is 741 g/mol. The van der Waals surface area contributed by atoms with Crippen LogP contribution in [0, 0.1) is 20.2 Å². The average Bonchev–Trinajstić information content (AvgIpc) is 3.93. The Morgan fingerprint density at radius 2 is 1.24 bits per heavy atom. The lowest BCUT2D eigenvalue weighted by atomic mass is 10.1. The Morgan fingerprint density at radius 3 is 1.78 bits per heavy atom. The maximum Gasteiger partial charge on any atom is 0.278 e. The standard InChI is InChI=1S/C23H21N5O3S.C12H8ClN3O2S/c29-22-15-25(12-17-6-2-1-3-7-17)10-11-26(22)13-18-16-32-23-24-20(14-27(18)23)19-8-4-5-9-21(19)28(30)31;13-5-8-7-19-12-14-10(6-15(8)12)9-3-1-2-4-11(9)16(17)18/h1-9,14,16H,10-13,15H2;1-4,6-7H,5H2. The summed E-state index contributed by atoms with van der Waals surface area (Å²) >= 11 is 8.77. The third kappa shape index (κ3) is 7.23. The number of para-hydroxylation sites is 2. The van der Waals surface area contributed by atoms with Crippen LogP contribution in [0.5, 0.6) is 0 Å². The molecule has 0 saturated carbocycles. The molecule has 16 heteroatoms. The smallest absolute Gasteiger partial charge is 0.278 e. The minimum atomic E-state index is -0.398. The van der Waals surface area contributed by atoms with Crippen LogP contribution in [0.15, 0.2) is 102 Å². The molecule has 51 heavy (non-hydrogen) atoms. The lowest BCUT2D eigenvalue weighted by Gasteiger charge is -2.34. The van der Waals surface area contributed by atoms with Gasteiger partial charge in [0.15, 0.2) is 9.92 Å². The molecule has 1 amide bonds. The number of carbonyl (C=O) groups is 1. The number of thiazole rings is 2. The number of hydrogen-bond donors (Lipinski definition) is 0. The van der Waals surface area contributed by atoms with Gasteiger partial charge in [-0.1, -0.05) is 54.6 Å². The lowest BCUT2D eigenvalue weighted by molar-refractivity contribution is -0.384. The van der Waals surface area contributed by atoms with E-state index in [-0.39, 0.29) is 17.3 Å². The Labute approximate surface area is 303 Å². The molecule has 1 fully saturated rings. The fraction of sp³-hybridized carbons (Fsp3) is 0.171. The van der Waals surface area contributed by atoms with Crippen molar-refractivity contribution in [3.63, 3.8) is 0 Å². The molecule has 8 rings (SSSR count). The summed E-state index contributed by atoms with van der Waals surface area (Å²) in [4.78, 5) is 49.0.